The lowest BCUT2D eigenvalue weighted by Crippen LogP contribution is -2.60. The summed E-state index contributed by atoms with van der Waals surface area (Å²) in [6.45, 7) is 3.74. The first-order chi connectivity index (χ1) is 9.86. The van der Waals surface area contributed by atoms with Crippen LogP contribution in [0, 0.1) is 6.92 Å². The van der Waals surface area contributed by atoms with E-state index in [0.29, 0.717) is 19.7 Å². The van der Waals surface area contributed by atoms with Crippen LogP contribution in [0.25, 0.3) is 0 Å². The van der Waals surface area contributed by atoms with Crippen molar-refractivity contribution in [3.63, 3.8) is 0 Å². The quantitative estimate of drug-likeness (QED) is 0.837. The van der Waals surface area contributed by atoms with E-state index in [9.17, 15) is 8.42 Å². The average molecular weight is 328 g/mol. The highest BCUT2D eigenvalue weighted by Crippen LogP contribution is 2.46. The Kier molecular flexibility index (Phi) is 4.02. The average Bonchev–Trinajstić information content (AvgIpc) is 2.78. The van der Waals surface area contributed by atoms with Gasteiger partial charge < -0.3 is 4.74 Å². The van der Waals surface area contributed by atoms with Gasteiger partial charge in [0.1, 0.15) is 0 Å². The van der Waals surface area contributed by atoms with E-state index in [0.717, 1.165) is 23.6 Å². The van der Waals surface area contributed by atoms with Crippen molar-refractivity contribution in [2.24, 2.45) is 0 Å². The number of hydrogen-bond donors (Lipinski definition) is 0. The van der Waals surface area contributed by atoms with Crippen LogP contribution in [0.2, 0.25) is 0 Å². The fourth-order valence-electron chi connectivity index (χ4n) is 2.84. The van der Waals surface area contributed by atoms with E-state index in [2.05, 4.69) is 4.98 Å². The second kappa shape index (κ2) is 5.53. The molecule has 0 aliphatic carbocycles. The first kappa shape index (κ1) is 15.3. The van der Waals surface area contributed by atoms with Gasteiger partial charge in [0.25, 0.3) is 0 Å². The van der Waals surface area contributed by atoms with Crippen molar-refractivity contribution in [3.05, 3.63) is 29.6 Å². The van der Waals surface area contributed by atoms with E-state index < -0.39 is 10.0 Å². The van der Waals surface area contributed by atoms with E-state index >= 15 is 0 Å². The summed E-state index contributed by atoms with van der Waals surface area (Å²) in [6.07, 6.45) is 2.39. The van der Waals surface area contributed by atoms with Crippen molar-refractivity contribution in [3.8, 4) is 0 Å². The molecule has 0 saturated carbocycles. The van der Waals surface area contributed by atoms with Gasteiger partial charge in [0.05, 0.1) is 24.7 Å². The third-order valence-corrected chi connectivity index (χ3v) is 6.76. The normalized spacial score (nSPS) is 25.1. The van der Waals surface area contributed by atoms with Crippen LogP contribution < -0.4 is 0 Å². The number of pyridine rings is 1. The number of aryl methyl sites for hydroxylation is 1. The molecule has 2 fully saturated rings. The fourth-order valence-corrected chi connectivity index (χ4v) is 5.52. The largest absolute Gasteiger partial charge is 0.371 e. The molecule has 2 aliphatic heterocycles. The summed E-state index contributed by atoms with van der Waals surface area (Å²) < 4.78 is 30.5. The van der Waals surface area contributed by atoms with Crippen LogP contribution >= 0.6 is 11.8 Å². The monoisotopic (exact) mass is 328 g/mol. The standard InChI is InChI=1S/C14H20N2O3S2/c1-11-4-3-5-12(15-11)7-19-13-6-14(20-8-13)9-16(10-14)21(2,17)18/h3-5,13H,6-10H2,1-2H3. The molecule has 0 radical (unpaired) electrons. The highest BCUT2D eigenvalue weighted by molar-refractivity contribution is 8.01. The minimum absolute atomic E-state index is 0.0772. The smallest absolute Gasteiger partial charge is 0.211 e. The van der Waals surface area contributed by atoms with Crippen molar-refractivity contribution >= 4 is 21.8 Å². The molecule has 2 aliphatic rings. The van der Waals surface area contributed by atoms with Gasteiger partial charge in [-0.3, -0.25) is 4.98 Å². The van der Waals surface area contributed by atoms with E-state index in [1.165, 1.54) is 6.26 Å². The van der Waals surface area contributed by atoms with E-state index in [1.54, 1.807) is 4.31 Å². The van der Waals surface area contributed by atoms with Gasteiger partial charge in [-0.15, -0.1) is 11.8 Å². The Morgan fingerprint density at radius 2 is 2.24 bits per heavy atom. The number of ether oxygens (including phenoxy) is 1. The molecule has 7 heteroatoms. The van der Waals surface area contributed by atoms with Crippen LogP contribution in [0.1, 0.15) is 17.8 Å². The Labute approximate surface area is 130 Å². The zero-order valence-electron chi connectivity index (χ0n) is 12.3. The zero-order valence-corrected chi connectivity index (χ0v) is 13.9. The molecule has 3 rings (SSSR count). The molecule has 3 heterocycles. The minimum Gasteiger partial charge on any atom is -0.371 e. The third-order valence-electron chi connectivity index (χ3n) is 3.99. The van der Waals surface area contributed by atoms with Gasteiger partial charge in [-0.25, -0.2) is 8.42 Å². The molecular weight excluding hydrogens is 308 g/mol. The Morgan fingerprint density at radius 1 is 1.48 bits per heavy atom. The van der Waals surface area contributed by atoms with Crippen molar-refractivity contribution in [2.45, 2.75) is 30.8 Å². The van der Waals surface area contributed by atoms with Gasteiger partial charge in [-0.1, -0.05) is 6.07 Å². The first-order valence-corrected chi connectivity index (χ1v) is 9.83. The molecule has 0 N–H and O–H groups in total. The van der Waals surface area contributed by atoms with Gasteiger partial charge in [0.15, 0.2) is 0 Å². The molecule has 1 atom stereocenters. The van der Waals surface area contributed by atoms with Crippen LogP contribution in [0.4, 0.5) is 0 Å². The molecule has 0 bridgehead atoms. The Balaban J connectivity index is 1.50. The van der Waals surface area contributed by atoms with Crippen LogP contribution in [0.3, 0.4) is 0 Å². The van der Waals surface area contributed by atoms with Crippen molar-refractivity contribution < 1.29 is 13.2 Å². The highest BCUT2D eigenvalue weighted by atomic mass is 32.2. The van der Waals surface area contributed by atoms with Crippen molar-refractivity contribution in [2.75, 3.05) is 25.1 Å². The topological polar surface area (TPSA) is 59.5 Å². The number of sulfonamides is 1. The minimum atomic E-state index is -3.04. The molecular formula is C14H20N2O3S2. The van der Waals surface area contributed by atoms with Gasteiger partial charge in [-0.2, -0.15) is 4.31 Å². The predicted octanol–water partition coefficient (Wildman–Crippen LogP) is 1.43. The van der Waals surface area contributed by atoms with Crippen LogP contribution in [0.5, 0.6) is 0 Å². The lowest BCUT2D eigenvalue weighted by Gasteiger charge is -2.45. The third kappa shape index (κ3) is 3.41. The highest BCUT2D eigenvalue weighted by Gasteiger charge is 2.52. The molecule has 116 valence electrons. The van der Waals surface area contributed by atoms with Gasteiger partial charge in [0.2, 0.25) is 10.0 Å². The summed E-state index contributed by atoms with van der Waals surface area (Å²) in [7, 11) is -3.04. The maximum absolute atomic E-state index is 11.5. The van der Waals surface area contributed by atoms with E-state index in [-0.39, 0.29) is 10.9 Å². The number of thioether (sulfide) groups is 1. The first-order valence-electron chi connectivity index (χ1n) is 7.00. The van der Waals surface area contributed by atoms with Crippen molar-refractivity contribution in [1.29, 1.82) is 0 Å². The summed E-state index contributed by atoms with van der Waals surface area (Å²) in [5.41, 5.74) is 1.95. The summed E-state index contributed by atoms with van der Waals surface area (Å²) in [5, 5.41) is 0. The van der Waals surface area contributed by atoms with Crippen LogP contribution in [-0.4, -0.2) is 53.7 Å². The zero-order chi connectivity index (χ0) is 15.1. The molecule has 1 unspecified atom stereocenters. The van der Waals surface area contributed by atoms with Crippen LogP contribution in [0.15, 0.2) is 18.2 Å². The summed E-state index contributed by atoms with van der Waals surface area (Å²) in [5.74, 6) is 0.934. The van der Waals surface area contributed by atoms with Gasteiger partial charge >= 0.3 is 0 Å². The number of hydrogen-bond acceptors (Lipinski definition) is 5. The molecule has 1 aromatic rings. The lowest BCUT2D eigenvalue weighted by atomic mass is 9.95. The van der Waals surface area contributed by atoms with Gasteiger partial charge in [-0.05, 0) is 25.5 Å². The summed E-state index contributed by atoms with van der Waals surface area (Å²) >= 11 is 1.85. The van der Waals surface area contributed by atoms with Gasteiger partial charge in [0, 0.05) is 29.3 Å². The second-order valence-corrected chi connectivity index (χ2v) is 9.40. The predicted molar refractivity (Wildman–Crippen MR) is 83.8 cm³/mol. The molecule has 1 spiro atoms. The SMILES string of the molecule is Cc1cccc(COC2CSC3(C2)CN(S(C)(=O)=O)C3)n1. The van der Waals surface area contributed by atoms with E-state index in [4.69, 9.17) is 4.74 Å². The fraction of sp³-hybridized carbons (Fsp3) is 0.643. The molecule has 2 saturated heterocycles. The molecule has 21 heavy (non-hydrogen) atoms. The Bertz CT molecular complexity index is 627. The molecule has 0 aromatic carbocycles. The number of nitrogens with zero attached hydrogens (tertiary/aromatic N) is 2. The maximum Gasteiger partial charge on any atom is 0.211 e. The molecule has 0 amide bonds. The summed E-state index contributed by atoms with van der Waals surface area (Å²) in [4.78, 5) is 4.43. The lowest BCUT2D eigenvalue weighted by molar-refractivity contribution is 0.0380. The maximum atomic E-state index is 11.5. The molecule has 1 aromatic heterocycles. The Hall–Kier alpha value is -0.630. The number of rotatable bonds is 4. The molecule has 5 nitrogen and oxygen atoms in total. The van der Waals surface area contributed by atoms with Crippen molar-refractivity contribution in [1.82, 2.24) is 9.29 Å². The summed E-state index contributed by atoms with van der Waals surface area (Å²) in [6, 6.07) is 5.93. The van der Waals surface area contributed by atoms with Crippen LogP contribution in [-0.2, 0) is 21.4 Å². The van der Waals surface area contributed by atoms with E-state index in [1.807, 2.05) is 36.9 Å². The second-order valence-electron chi connectivity index (χ2n) is 5.93. The Morgan fingerprint density at radius 3 is 2.90 bits per heavy atom. The number of aromatic nitrogens is 1.